The summed E-state index contributed by atoms with van der Waals surface area (Å²) < 4.78 is 7.43. The Labute approximate surface area is 237 Å². The molecule has 7 heteroatoms. The number of methoxy groups -OCH3 is 1. The summed E-state index contributed by atoms with van der Waals surface area (Å²) in [6, 6.07) is 26.2. The van der Waals surface area contributed by atoms with Crippen LogP contribution in [0.2, 0.25) is 5.02 Å². The fourth-order valence-corrected chi connectivity index (χ4v) is 5.27. The normalized spacial score (nSPS) is 11.0. The van der Waals surface area contributed by atoms with E-state index in [-0.39, 0.29) is 11.5 Å². The van der Waals surface area contributed by atoms with Gasteiger partial charge in [0.15, 0.2) is 0 Å². The van der Waals surface area contributed by atoms with Crippen LogP contribution >= 0.6 is 11.6 Å². The Kier molecular flexibility index (Phi) is 7.63. The number of nitrogens with one attached hydrogen (secondary N) is 1. The van der Waals surface area contributed by atoms with Gasteiger partial charge in [-0.2, -0.15) is 0 Å². The lowest BCUT2D eigenvalue weighted by molar-refractivity contribution is 0.0697. The van der Waals surface area contributed by atoms with E-state index in [1.165, 1.54) is 0 Å². The summed E-state index contributed by atoms with van der Waals surface area (Å²) in [6.45, 7) is 5.16. The van der Waals surface area contributed by atoms with Crippen molar-refractivity contribution >= 4 is 34.4 Å². The minimum atomic E-state index is -0.942. The molecule has 0 aliphatic heterocycles. The quantitative estimate of drug-likeness (QED) is 0.212. The van der Waals surface area contributed by atoms with E-state index in [4.69, 9.17) is 16.3 Å². The number of nitrogens with zero attached hydrogens (tertiary/aromatic N) is 1. The molecule has 0 atom stereocenters. The number of ether oxygens (including phenoxy) is 1. The first-order valence-corrected chi connectivity index (χ1v) is 13.3. The monoisotopic (exact) mass is 552 g/mol. The van der Waals surface area contributed by atoms with Crippen LogP contribution in [0.1, 0.15) is 43.1 Å². The molecular formula is C33H29ClN2O4. The van der Waals surface area contributed by atoms with Gasteiger partial charge in [0, 0.05) is 35.2 Å². The second-order valence-corrected chi connectivity index (χ2v) is 10.1. The van der Waals surface area contributed by atoms with Crippen LogP contribution in [0.5, 0.6) is 5.75 Å². The first-order chi connectivity index (χ1) is 19.3. The number of rotatable bonds is 8. The van der Waals surface area contributed by atoms with Crippen LogP contribution in [0.4, 0.5) is 0 Å². The average molecular weight is 553 g/mol. The maximum absolute atomic E-state index is 13.0. The second-order valence-electron chi connectivity index (χ2n) is 9.73. The predicted molar refractivity (Wildman–Crippen MR) is 159 cm³/mol. The highest BCUT2D eigenvalue weighted by molar-refractivity contribution is 6.32. The van der Waals surface area contributed by atoms with Gasteiger partial charge in [-0.15, -0.1) is 0 Å². The highest BCUT2D eigenvalue weighted by Gasteiger charge is 2.15. The SMILES string of the molecule is COc1ccc(CNC(=O)c2ccc3c(c2)c(C)c(C)n3Cc2ccc(-c3ccccc3C(=O)O)cc2)cc1Cl. The lowest BCUT2D eigenvalue weighted by Crippen LogP contribution is -2.22. The first-order valence-electron chi connectivity index (χ1n) is 12.9. The summed E-state index contributed by atoms with van der Waals surface area (Å²) in [6.07, 6.45) is 0. The number of carboxylic acids is 1. The van der Waals surface area contributed by atoms with Gasteiger partial charge >= 0.3 is 5.97 Å². The van der Waals surface area contributed by atoms with Crippen LogP contribution in [0.15, 0.2) is 84.9 Å². The summed E-state index contributed by atoms with van der Waals surface area (Å²) in [5.41, 5.74) is 7.71. The zero-order valence-corrected chi connectivity index (χ0v) is 23.3. The first kappa shape index (κ1) is 27.0. The molecule has 0 aliphatic carbocycles. The van der Waals surface area contributed by atoms with E-state index in [2.05, 4.69) is 23.7 Å². The van der Waals surface area contributed by atoms with Gasteiger partial charge in [0.2, 0.25) is 0 Å². The number of hydrogen-bond acceptors (Lipinski definition) is 3. The van der Waals surface area contributed by atoms with Crippen molar-refractivity contribution < 1.29 is 19.4 Å². The lowest BCUT2D eigenvalue weighted by Gasteiger charge is -2.11. The number of carbonyl (C=O) groups excluding carboxylic acids is 1. The summed E-state index contributed by atoms with van der Waals surface area (Å²) in [5, 5.41) is 14.0. The largest absolute Gasteiger partial charge is 0.495 e. The number of aromatic nitrogens is 1. The van der Waals surface area contributed by atoms with E-state index >= 15 is 0 Å². The van der Waals surface area contributed by atoms with E-state index in [0.717, 1.165) is 38.9 Å². The average Bonchev–Trinajstić information content (AvgIpc) is 3.20. The maximum Gasteiger partial charge on any atom is 0.336 e. The molecule has 0 bridgehead atoms. The third kappa shape index (κ3) is 5.31. The molecule has 0 radical (unpaired) electrons. The molecule has 0 spiro atoms. The fraction of sp³-hybridized carbons (Fsp3) is 0.152. The molecule has 0 aliphatic rings. The molecule has 0 fully saturated rings. The number of aromatic carboxylic acids is 1. The fourth-order valence-electron chi connectivity index (χ4n) is 4.99. The highest BCUT2D eigenvalue weighted by atomic mass is 35.5. The number of aryl methyl sites for hydroxylation is 1. The molecule has 6 nitrogen and oxygen atoms in total. The molecule has 0 saturated carbocycles. The number of carbonyl (C=O) groups is 2. The van der Waals surface area contributed by atoms with Gasteiger partial charge in [-0.05, 0) is 78.1 Å². The predicted octanol–water partition coefficient (Wildman–Crippen LogP) is 7.26. The van der Waals surface area contributed by atoms with Crippen molar-refractivity contribution in [1.29, 1.82) is 0 Å². The Morgan fingerprint density at radius 2 is 1.65 bits per heavy atom. The molecule has 1 aromatic heterocycles. The van der Waals surface area contributed by atoms with Gasteiger partial charge in [0.1, 0.15) is 5.75 Å². The molecule has 2 N–H and O–H groups in total. The second kappa shape index (κ2) is 11.3. The summed E-state index contributed by atoms with van der Waals surface area (Å²) in [5.74, 6) is -0.504. The van der Waals surface area contributed by atoms with Crippen molar-refractivity contribution in [2.75, 3.05) is 7.11 Å². The van der Waals surface area contributed by atoms with Gasteiger partial charge in [0.25, 0.3) is 5.91 Å². The zero-order valence-electron chi connectivity index (χ0n) is 22.5. The number of benzene rings is 4. The van der Waals surface area contributed by atoms with Crippen molar-refractivity contribution in [3.05, 3.63) is 123 Å². The van der Waals surface area contributed by atoms with Crippen LogP contribution in [-0.2, 0) is 13.1 Å². The Morgan fingerprint density at radius 1 is 0.925 bits per heavy atom. The van der Waals surface area contributed by atoms with Crippen LogP contribution in [0, 0.1) is 13.8 Å². The third-order valence-electron chi connectivity index (χ3n) is 7.33. The Morgan fingerprint density at radius 3 is 2.35 bits per heavy atom. The standard InChI is InChI=1S/C33H29ClN2O4/c1-20-21(2)36(19-22-8-11-24(12-9-22)26-6-4-5-7-27(26)33(38)39)30-14-13-25(17-28(20)30)32(37)35-18-23-10-15-31(40-3)29(34)16-23/h4-17H,18-19H2,1-3H3,(H,35,37)(H,38,39). The van der Waals surface area contributed by atoms with Gasteiger partial charge in [-0.25, -0.2) is 4.79 Å². The molecule has 5 rings (SSSR count). The van der Waals surface area contributed by atoms with Crippen molar-refractivity contribution in [2.45, 2.75) is 26.9 Å². The van der Waals surface area contributed by atoms with Crippen molar-refractivity contribution in [3.63, 3.8) is 0 Å². The Hall–Kier alpha value is -4.55. The maximum atomic E-state index is 13.0. The van der Waals surface area contributed by atoms with Crippen LogP contribution in [0.3, 0.4) is 0 Å². The topological polar surface area (TPSA) is 80.6 Å². The number of hydrogen-bond donors (Lipinski definition) is 2. The van der Waals surface area contributed by atoms with Crippen LogP contribution in [-0.4, -0.2) is 28.7 Å². The molecular weight excluding hydrogens is 524 g/mol. The van der Waals surface area contributed by atoms with Crippen LogP contribution in [0.25, 0.3) is 22.0 Å². The van der Waals surface area contributed by atoms with E-state index in [9.17, 15) is 14.7 Å². The molecule has 40 heavy (non-hydrogen) atoms. The lowest BCUT2D eigenvalue weighted by atomic mass is 9.99. The third-order valence-corrected chi connectivity index (χ3v) is 7.63. The smallest absolute Gasteiger partial charge is 0.336 e. The molecule has 1 heterocycles. The highest BCUT2D eigenvalue weighted by Crippen LogP contribution is 2.29. The van der Waals surface area contributed by atoms with E-state index < -0.39 is 5.97 Å². The van der Waals surface area contributed by atoms with Gasteiger partial charge in [-0.1, -0.05) is 60.1 Å². The summed E-state index contributed by atoms with van der Waals surface area (Å²) in [4.78, 5) is 24.6. The molecule has 0 saturated heterocycles. The van der Waals surface area contributed by atoms with Crippen molar-refractivity contribution in [3.8, 4) is 16.9 Å². The Balaban J connectivity index is 1.35. The van der Waals surface area contributed by atoms with Crippen LogP contribution < -0.4 is 10.1 Å². The van der Waals surface area contributed by atoms with E-state index in [1.54, 1.807) is 31.4 Å². The van der Waals surface area contributed by atoms with E-state index in [0.29, 0.717) is 35.0 Å². The number of halogens is 1. The van der Waals surface area contributed by atoms with Crippen molar-refractivity contribution in [2.24, 2.45) is 0 Å². The molecule has 5 aromatic rings. The number of amides is 1. The molecule has 1 amide bonds. The Bertz CT molecular complexity index is 1740. The summed E-state index contributed by atoms with van der Waals surface area (Å²) in [7, 11) is 1.57. The zero-order chi connectivity index (χ0) is 28.4. The van der Waals surface area contributed by atoms with E-state index in [1.807, 2.05) is 60.7 Å². The number of fused-ring (bicyclic) bond motifs is 1. The minimum absolute atomic E-state index is 0.157. The van der Waals surface area contributed by atoms with Gasteiger partial charge < -0.3 is 19.7 Å². The number of carboxylic acid groups (broad SMARTS) is 1. The molecule has 4 aromatic carbocycles. The van der Waals surface area contributed by atoms with Crippen molar-refractivity contribution in [1.82, 2.24) is 9.88 Å². The van der Waals surface area contributed by atoms with Gasteiger partial charge in [0.05, 0.1) is 17.7 Å². The minimum Gasteiger partial charge on any atom is -0.495 e. The molecule has 202 valence electrons. The van der Waals surface area contributed by atoms with Gasteiger partial charge in [-0.3, -0.25) is 4.79 Å². The molecule has 0 unspecified atom stereocenters. The summed E-state index contributed by atoms with van der Waals surface area (Å²) >= 11 is 6.21.